The molecule has 0 aliphatic carbocycles. The smallest absolute Gasteiger partial charge is 0.411 e. The Labute approximate surface area is 204 Å². The number of aromatic nitrogens is 1. The van der Waals surface area contributed by atoms with Crippen molar-refractivity contribution in [3.8, 4) is 23.0 Å². The summed E-state index contributed by atoms with van der Waals surface area (Å²) in [7, 11) is 3.16. The van der Waals surface area contributed by atoms with E-state index in [9.17, 15) is 9.90 Å². The van der Waals surface area contributed by atoms with Crippen molar-refractivity contribution in [2.45, 2.75) is 20.3 Å². The third-order valence-electron chi connectivity index (χ3n) is 6.12. The van der Waals surface area contributed by atoms with Crippen LogP contribution in [0.3, 0.4) is 0 Å². The third-order valence-corrected chi connectivity index (χ3v) is 6.12. The molecule has 0 spiro atoms. The van der Waals surface area contributed by atoms with Crippen molar-refractivity contribution in [2.24, 2.45) is 0 Å². The minimum atomic E-state index is -0.988. The zero-order valence-electron chi connectivity index (χ0n) is 20.2. The SMILES string of the molecule is COc1cc2nccc(Oc3ccc(N(CCc4ccccc4)C(=O)O)c(C)c3C)c2cc1OC. The average molecular weight is 473 g/mol. The molecule has 35 heavy (non-hydrogen) atoms. The van der Waals surface area contributed by atoms with Crippen LogP contribution in [0.15, 0.2) is 66.9 Å². The van der Waals surface area contributed by atoms with Gasteiger partial charge in [0.15, 0.2) is 11.5 Å². The first-order chi connectivity index (χ1) is 16.9. The maximum Gasteiger partial charge on any atom is 0.411 e. The van der Waals surface area contributed by atoms with E-state index in [-0.39, 0.29) is 0 Å². The predicted octanol–water partition coefficient (Wildman–Crippen LogP) is 6.39. The van der Waals surface area contributed by atoms with Gasteiger partial charge in [0.1, 0.15) is 11.5 Å². The maximum atomic E-state index is 12.1. The number of carbonyl (C=O) groups is 1. The second-order valence-corrected chi connectivity index (χ2v) is 8.14. The Kier molecular flexibility index (Phi) is 7.06. The molecule has 0 aliphatic rings. The predicted molar refractivity (Wildman–Crippen MR) is 136 cm³/mol. The lowest BCUT2D eigenvalue weighted by atomic mass is 10.1. The van der Waals surface area contributed by atoms with E-state index in [0.717, 1.165) is 22.1 Å². The van der Waals surface area contributed by atoms with Gasteiger partial charge in [0, 0.05) is 24.2 Å². The first-order valence-electron chi connectivity index (χ1n) is 11.3. The molecule has 180 valence electrons. The van der Waals surface area contributed by atoms with Crippen LogP contribution in [0.25, 0.3) is 10.9 Å². The molecule has 0 fully saturated rings. The molecule has 0 saturated carbocycles. The fourth-order valence-corrected chi connectivity index (χ4v) is 4.04. The molecule has 7 nitrogen and oxygen atoms in total. The molecular formula is C28H28N2O5. The number of benzene rings is 3. The number of ether oxygens (including phenoxy) is 3. The van der Waals surface area contributed by atoms with Gasteiger partial charge in [-0.3, -0.25) is 9.88 Å². The van der Waals surface area contributed by atoms with Gasteiger partial charge in [0.25, 0.3) is 0 Å². The number of rotatable bonds is 8. The number of pyridine rings is 1. The van der Waals surface area contributed by atoms with E-state index in [1.165, 1.54) is 4.90 Å². The van der Waals surface area contributed by atoms with Crippen molar-refractivity contribution >= 4 is 22.7 Å². The van der Waals surface area contributed by atoms with E-state index in [1.807, 2.05) is 56.3 Å². The Balaban J connectivity index is 1.65. The lowest BCUT2D eigenvalue weighted by Gasteiger charge is -2.23. The van der Waals surface area contributed by atoms with Gasteiger partial charge in [-0.25, -0.2) is 4.79 Å². The Bertz CT molecular complexity index is 1350. The maximum absolute atomic E-state index is 12.1. The zero-order chi connectivity index (χ0) is 24.9. The third kappa shape index (κ3) is 4.99. The second-order valence-electron chi connectivity index (χ2n) is 8.14. The van der Waals surface area contributed by atoms with E-state index in [1.54, 1.807) is 38.6 Å². The highest BCUT2D eigenvalue weighted by atomic mass is 16.5. The Morgan fingerprint density at radius 2 is 1.60 bits per heavy atom. The topological polar surface area (TPSA) is 81.1 Å². The van der Waals surface area contributed by atoms with Gasteiger partial charge in [-0.15, -0.1) is 0 Å². The Hall–Kier alpha value is -4.26. The Morgan fingerprint density at radius 1 is 0.886 bits per heavy atom. The first-order valence-corrected chi connectivity index (χ1v) is 11.3. The van der Waals surface area contributed by atoms with Crippen molar-refractivity contribution in [3.05, 3.63) is 83.6 Å². The highest BCUT2D eigenvalue weighted by Crippen LogP contribution is 2.39. The molecular weight excluding hydrogens is 444 g/mol. The number of carboxylic acid groups (broad SMARTS) is 1. The van der Waals surface area contributed by atoms with Crippen LogP contribution < -0.4 is 19.1 Å². The molecule has 0 atom stereocenters. The minimum absolute atomic E-state index is 0.358. The van der Waals surface area contributed by atoms with Gasteiger partial charge < -0.3 is 19.3 Å². The van der Waals surface area contributed by atoms with E-state index in [0.29, 0.717) is 47.2 Å². The Morgan fingerprint density at radius 3 is 2.29 bits per heavy atom. The van der Waals surface area contributed by atoms with E-state index < -0.39 is 6.09 Å². The van der Waals surface area contributed by atoms with Crippen LogP contribution in [-0.2, 0) is 6.42 Å². The van der Waals surface area contributed by atoms with Gasteiger partial charge in [-0.1, -0.05) is 30.3 Å². The summed E-state index contributed by atoms with van der Waals surface area (Å²) in [5, 5.41) is 10.7. The van der Waals surface area contributed by atoms with Crippen LogP contribution in [0, 0.1) is 13.8 Å². The summed E-state index contributed by atoms with van der Waals surface area (Å²) >= 11 is 0. The normalized spacial score (nSPS) is 10.7. The fourth-order valence-electron chi connectivity index (χ4n) is 4.04. The van der Waals surface area contributed by atoms with E-state index >= 15 is 0 Å². The van der Waals surface area contributed by atoms with E-state index in [4.69, 9.17) is 14.2 Å². The van der Waals surface area contributed by atoms with Gasteiger partial charge >= 0.3 is 6.09 Å². The van der Waals surface area contributed by atoms with Gasteiger partial charge in [0.2, 0.25) is 0 Å². The summed E-state index contributed by atoms with van der Waals surface area (Å²) in [6, 6.07) is 18.9. The molecule has 1 heterocycles. The number of nitrogens with zero attached hydrogens (tertiary/aromatic N) is 2. The van der Waals surface area contributed by atoms with Crippen LogP contribution in [0.2, 0.25) is 0 Å². The summed E-state index contributed by atoms with van der Waals surface area (Å²) in [5.74, 6) is 2.43. The lowest BCUT2D eigenvalue weighted by molar-refractivity contribution is 0.202. The van der Waals surface area contributed by atoms with Crippen molar-refractivity contribution in [1.82, 2.24) is 4.98 Å². The highest BCUT2D eigenvalue weighted by Gasteiger charge is 2.20. The molecule has 1 N–H and O–H groups in total. The van der Waals surface area contributed by atoms with Gasteiger partial charge in [0.05, 0.1) is 25.4 Å². The number of methoxy groups -OCH3 is 2. The van der Waals surface area contributed by atoms with Crippen molar-refractivity contribution in [3.63, 3.8) is 0 Å². The molecule has 0 unspecified atom stereocenters. The monoisotopic (exact) mass is 472 g/mol. The fraction of sp³-hybridized carbons (Fsp3) is 0.214. The van der Waals surface area contributed by atoms with Gasteiger partial charge in [-0.2, -0.15) is 0 Å². The van der Waals surface area contributed by atoms with Gasteiger partial charge in [-0.05, 0) is 61.2 Å². The zero-order valence-corrected chi connectivity index (χ0v) is 20.2. The van der Waals surface area contributed by atoms with Crippen LogP contribution in [0.4, 0.5) is 10.5 Å². The van der Waals surface area contributed by atoms with Crippen molar-refractivity contribution < 1.29 is 24.1 Å². The molecule has 4 aromatic rings. The largest absolute Gasteiger partial charge is 0.493 e. The lowest BCUT2D eigenvalue weighted by Crippen LogP contribution is -2.32. The molecule has 0 saturated heterocycles. The number of amides is 1. The summed E-state index contributed by atoms with van der Waals surface area (Å²) < 4.78 is 17.1. The number of fused-ring (bicyclic) bond motifs is 1. The standard InChI is InChI=1S/C28H28N2O5/c1-18-19(2)24(11-10-23(18)30(28(31)32)15-13-20-8-6-5-7-9-20)35-25-12-14-29-22-17-27(34-4)26(33-3)16-21(22)25/h5-12,14,16-17H,13,15H2,1-4H3,(H,31,32). The minimum Gasteiger partial charge on any atom is -0.493 e. The van der Waals surface area contributed by atoms with Crippen molar-refractivity contribution in [2.75, 3.05) is 25.7 Å². The number of hydrogen-bond acceptors (Lipinski definition) is 5. The van der Waals surface area contributed by atoms with Crippen LogP contribution in [-0.4, -0.2) is 36.9 Å². The molecule has 1 amide bonds. The van der Waals surface area contributed by atoms with Crippen LogP contribution in [0.1, 0.15) is 16.7 Å². The number of hydrogen-bond donors (Lipinski definition) is 1. The molecule has 4 rings (SSSR count). The van der Waals surface area contributed by atoms with E-state index in [2.05, 4.69) is 4.98 Å². The highest BCUT2D eigenvalue weighted by molar-refractivity contribution is 5.89. The van der Waals surface area contributed by atoms with Crippen LogP contribution in [0.5, 0.6) is 23.0 Å². The molecule has 1 aromatic heterocycles. The summed E-state index contributed by atoms with van der Waals surface area (Å²) in [6.07, 6.45) is 1.31. The molecule has 3 aromatic carbocycles. The second kappa shape index (κ2) is 10.3. The molecule has 0 radical (unpaired) electrons. The number of anilines is 1. The molecule has 0 aliphatic heterocycles. The average Bonchev–Trinajstić information content (AvgIpc) is 2.87. The van der Waals surface area contributed by atoms with Crippen LogP contribution >= 0.6 is 0 Å². The first kappa shape index (κ1) is 23.9. The molecule has 7 heteroatoms. The summed E-state index contributed by atoms with van der Waals surface area (Å²) in [5.41, 5.74) is 4.15. The van der Waals surface area contributed by atoms with Crippen molar-refractivity contribution in [1.29, 1.82) is 0 Å². The molecule has 0 bridgehead atoms. The quantitative estimate of drug-likeness (QED) is 0.320. The summed E-state index contributed by atoms with van der Waals surface area (Å²) in [6.45, 7) is 4.20. The summed E-state index contributed by atoms with van der Waals surface area (Å²) in [4.78, 5) is 17.9.